The van der Waals surface area contributed by atoms with Gasteiger partial charge in [0.05, 0.1) is 10.7 Å². The van der Waals surface area contributed by atoms with Crippen molar-refractivity contribution in [1.29, 1.82) is 0 Å². The first-order chi connectivity index (χ1) is 6.18. The van der Waals surface area contributed by atoms with E-state index in [0.29, 0.717) is 17.3 Å². The summed E-state index contributed by atoms with van der Waals surface area (Å²) in [6.45, 7) is 0.457. The molecule has 2 N–H and O–H groups in total. The molecule has 0 amide bonds. The molecule has 0 spiro atoms. The largest absolute Gasteiger partial charge is 0.330 e. The van der Waals surface area contributed by atoms with Crippen LogP contribution in [-0.4, -0.2) is 11.5 Å². The Labute approximate surface area is 80.9 Å². The fourth-order valence-corrected chi connectivity index (χ4v) is 1.64. The maximum atomic E-state index is 13.4. The van der Waals surface area contributed by atoms with Gasteiger partial charge in [0.15, 0.2) is 0 Å². The maximum absolute atomic E-state index is 13.4. The summed E-state index contributed by atoms with van der Waals surface area (Å²) in [5.74, 6) is -0.338. The lowest BCUT2D eigenvalue weighted by molar-refractivity contribution is 0.555. The van der Waals surface area contributed by atoms with E-state index in [-0.39, 0.29) is 11.2 Å². The Morgan fingerprint density at radius 3 is 2.77 bits per heavy atom. The molecule has 1 aliphatic carbocycles. The maximum Gasteiger partial charge on any atom is 0.146 e. The van der Waals surface area contributed by atoms with Gasteiger partial charge < -0.3 is 5.73 Å². The summed E-state index contributed by atoms with van der Waals surface area (Å²) in [6.07, 6.45) is 3.32. The van der Waals surface area contributed by atoms with Crippen molar-refractivity contribution >= 4 is 11.6 Å². The van der Waals surface area contributed by atoms with Crippen LogP contribution >= 0.6 is 11.6 Å². The molecule has 0 unspecified atom stereocenters. The third kappa shape index (κ3) is 1.42. The highest BCUT2D eigenvalue weighted by atomic mass is 35.5. The van der Waals surface area contributed by atoms with Gasteiger partial charge in [-0.05, 0) is 18.9 Å². The average molecular weight is 201 g/mol. The lowest BCUT2D eigenvalue weighted by atomic mass is 10.0. The molecule has 70 valence electrons. The monoisotopic (exact) mass is 200 g/mol. The Morgan fingerprint density at radius 1 is 1.62 bits per heavy atom. The van der Waals surface area contributed by atoms with Gasteiger partial charge in [-0.3, -0.25) is 4.98 Å². The van der Waals surface area contributed by atoms with Crippen LogP contribution in [0.2, 0.25) is 5.02 Å². The fraction of sp³-hybridized carbons (Fsp3) is 0.444. The summed E-state index contributed by atoms with van der Waals surface area (Å²) in [7, 11) is 0. The van der Waals surface area contributed by atoms with Crippen molar-refractivity contribution < 1.29 is 4.39 Å². The highest BCUT2D eigenvalue weighted by Crippen LogP contribution is 2.47. The van der Waals surface area contributed by atoms with Crippen LogP contribution in [0.5, 0.6) is 0 Å². The molecule has 4 heteroatoms. The van der Waals surface area contributed by atoms with E-state index < -0.39 is 0 Å². The van der Waals surface area contributed by atoms with E-state index in [2.05, 4.69) is 4.98 Å². The Hall–Kier alpha value is -0.670. The van der Waals surface area contributed by atoms with Gasteiger partial charge in [-0.1, -0.05) is 11.6 Å². The molecule has 0 bridgehead atoms. The van der Waals surface area contributed by atoms with E-state index in [0.717, 1.165) is 12.8 Å². The van der Waals surface area contributed by atoms with Crippen molar-refractivity contribution in [2.24, 2.45) is 5.73 Å². The lowest BCUT2D eigenvalue weighted by Crippen LogP contribution is -2.22. The van der Waals surface area contributed by atoms with Crippen LogP contribution in [0.1, 0.15) is 18.5 Å². The minimum atomic E-state index is -0.338. The summed E-state index contributed by atoms with van der Waals surface area (Å²) < 4.78 is 13.4. The number of nitrogens with zero attached hydrogens (tertiary/aromatic N) is 1. The van der Waals surface area contributed by atoms with Crippen LogP contribution in [0.15, 0.2) is 12.3 Å². The van der Waals surface area contributed by atoms with E-state index in [1.54, 1.807) is 0 Å². The zero-order valence-electron chi connectivity index (χ0n) is 7.06. The van der Waals surface area contributed by atoms with Crippen molar-refractivity contribution in [1.82, 2.24) is 4.98 Å². The Balaban J connectivity index is 2.41. The topological polar surface area (TPSA) is 38.9 Å². The molecular formula is C9H10ClFN2. The number of pyridine rings is 1. The van der Waals surface area contributed by atoms with Crippen molar-refractivity contribution in [3.05, 3.63) is 28.8 Å². The fourth-order valence-electron chi connectivity index (χ4n) is 1.49. The summed E-state index contributed by atoms with van der Waals surface area (Å²) in [6, 6.07) is 1.29. The summed E-state index contributed by atoms with van der Waals surface area (Å²) in [5, 5.41) is 0.328. The number of aromatic nitrogens is 1. The van der Waals surface area contributed by atoms with Crippen molar-refractivity contribution in [2.75, 3.05) is 6.54 Å². The second kappa shape index (κ2) is 2.93. The van der Waals surface area contributed by atoms with Crippen LogP contribution in [0, 0.1) is 5.82 Å². The number of halogens is 2. The molecule has 1 fully saturated rings. The minimum Gasteiger partial charge on any atom is -0.330 e. The molecule has 0 atom stereocenters. The smallest absolute Gasteiger partial charge is 0.146 e. The standard InChI is InChI=1S/C9H10ClFN2/c10-6-3-7(11)8(13-4-6)9(5-12)1-2-9/h3-4H,1-2,5,12H2. The first-order valence-corrected chi connectivity index (χ1v) is 4.57. The van der Waals surface area contributed by atoms with Gasteiger partial charge in [0.25, 0.3) is 0 Å². The molecule has 1 saturated carbocycles. The molecule has 1 aliphatic rings. The minimum absolute atomic E-state index is 0.200. The number of hydrogen-bond acceptors (Lipinski definition) is 2. The van der Waals surface area contributed by atoms with Crippen LogP contribution in [-0.2, 0) is 5.41 Å². The second-order valence-corrected chi connectivity index (χ2v) is 3.90. The first-order valence-electron chi connectivity index (χ1n) is 4.19. The van der Waals surface area contributed by atoms with E-state index >= 15 is 0 Å². The zero-order valence-corrected chi connectivity index (χ0v) is 7.81. The van der Waals surface area contributed by atoms with Crippen LogP contribution in [0.4, 0.5) is 4.39 Å². The molecular weight excluding hydrogens is 191 g/mol. The van der Waals surface area contributed by atoms with Gasteiger partial charge in [-0.15, -0.1) is 0 Å². The van der Waals surface area contributed by atoms with Gasteiger partial charge in [-0.2, -0.15) is 0 Å². The molecule has 2 rings (SSSR count). The Bertz CT molecular complexity index is 336. The Morgan fingerprint density at radius 2 is 2.31 bits per heavy atom. The molecule has 0 saturated heterocycles. The van der Waals surface area contributed by atoms with Gasteiger partial charge >= 0.3 is 0 Å². The highest BCUT2D eigenvalue weighted by molar-refractivity contribution is 6.30. The number of hydrogen-bond donors (Lipinski definition) is 1. The summed E-state index contributed by atoms with van der Waals surface area (Å²) in [5.41, 5.74) is 5.84. The lowest BCUT2D eigenvalue weighted by Gasteiger charge is -2.11. The van der Waals surface area contributed by atoms with Gasteiger partial charge in [0, 0.05) is 18.2 Å². The zero-order chi connectivity index (χ0) is 9.47. The van der Waals surface area contributed by atoms with Crippen molar-refractivity contribution in [2.45, 2.75) is 18.3 Å². The van der Waals surface area contributed by atoms with Gasteiger partial charge in [-0.25, -0.2) is 4.39 Å². The molecule has 0 aliphatic heterocycles. The summed E-state index contributed by atoms with van der Waals surface area (Å²) in [4.78, 5) is 4.00. The molecule has 2 nitrogen and oxygen atoms in total. The van der Waals surface area contributed by atoms with E-state index in [1.165, 1.54) is 12.3 Å². The van der Waals surface area contributed by atoms with Gasteiger partial charge in [0.2, 0.25) is 0 Å². The van der Waals surface area contributed by atoms with Gasteiger partial charge in [0.1, 0.15) is 5.82 Å². The second-order valence-electron chi connectivity index (χ2n) is 3.47. The Kier molecular flexibility index (Phi) is 2.00. The molecule has 1 heterocycles. The van der Waals surface area contributed by atoms with Crippen LogP contribution in [0.3, 0.4) is 0 Å². The van der Waals surface area contributed by atoms with Crippen molar-refractivity contribution in [3.63, 3.8) is 0 Å². The third-order valence-electron chi connectivity index (χ3n) is 2.55. The quantitative estimate of drug-likeness (QED) is 0.792. The molecule has 1 aromatic rings. The van der Waals surface area contributed by atoms with Crippen molar-refractivity contribution in [3.8, 4) is 0 Å². The molecule has 1 aromatic heterocycles. The van der Waals surface area contributed by atoms with Crippen LogP contribution < -0.4 is 5.73 Å². The van der Waals surface area contributed by atoms with E-state index in [9.17, 15) is 4.39 Å². The van der Waals surface area contributed by atoms with Crippen LogP contribution in [0.25, 0.3) is 0 Å². The molecule has 0 radical (unpaired) electrons. The number of rotatable bonds is 2. The van der Waals surface area contributed by atoms with E-state index in [4.69, 9.17) is 17.3 Å². The SMILES string of the molecule is NCC1(c2ncc(Cl)cc2F)CC1. The van der Waals surface area contributed by atoms with E-state index in [1.807, 2.05) is 0 Å². The summed E-state index contributed by atoms with van der Waals surface area (Å²) >= 11 is 5.60. The highest BCUT2D eigenvalue weighted by Gasteiger charge is 2.46. The number of nitrogens with two attached hydrogens (primary N) is 1. The molecule has 0 aromatic carbocycles. The predicted molar refractivity (Wildman–Crippen MR) is 49.2 cm³/mol. The predicted octanol–water partition coefficient (Wildman–Crippen LogP) is 1.86. The average Bonchev–Trinajstić information content (AvgIpc) is 2.85. The first kappa shape index (κ1) is 8.91. The normalized spacial score (nSPS) is 18.7. The third-order valence-corrected chi connectivity index (χ3v) is 2.76. The molecule has 13 heavy (non-hydrogen) atoms.